The van der Waals surface area contributed by atoms with E-state index in [9.17, 15) is 26.4 Å². The third-order valence-corrected chi connectivity index (χ3v) is 8.07. The van der Waals surface area contributed by atoms with Crippen LogP contribution in [-0.4, -0.2) is 41.9 Å². The van der Waals surface area contributed by atoms with Crippen molar-refractivity contribution in [2.75, 3.05) is 18.4 Å². The predicted octanol–water partition coefficient (Wildman–Crippen LogP) is 3.78. The molecule has 1 aromatic heterocycles. The largest absolute Gasteiger partial charge is 0.317 e. The molecule has 1 fully saturated rings. The van der Waals surface area contributed by atoms with Crippen LogP contribution in [0.5, 0.6) is 0 Å². The minimum absolute atomic E-state index is 0.0186. The summed E-state index contributed by atoms with van der Waals surface area (Å²) in [5, 5.41) is 10.8. The number of aromatic nitrogens is 2. The second-order valence-electron chi connectivity index (χ2n) is 7.16. The van der Waals surface area contributed by atoms with Gasteiger partial charge in [-0.15, -0.1) is 10.2 Å². The van der Waals surface area contributed by atoms with Gasteiger partial charge in [0.05, 0.1) is 10.6 Å². The third kappa shape index (κ3) is 4.66. The fourth-order valence-corrected chi connectivity index (χ4v) is 5.73. The molecule has 0 bridgehead atoms. The average molecular weight is 483 g/mol. The molecule has 168 valence electrons. The Bertz CT molecular complexity index is 1240. The van der Waals surface area contributed by atoms with Crippen LogP contribution in [0.15, 0.2) is 47.4 Å². The Kier molecular flexibility index (Phi) is 6.26. The van der Waals surface area contributed by atoms with Crippen LogP contribution >= 0.6 is 11.3 Å². The van der Waals surface area contributed by atoms with Gasteiger partial charge < -0.3 is 5.32 Å². The Balaban J connectivity index is 1.39. The van der Waals surface area contributed by atoms with Crippen molar-refractivity contribution >= 4 is 33.0 Å². The van der Waals surface area contributed by atoms with Gasteiger partial charge in [-0.2, -0.15) is 4.31 Å². The highest BCUT2D eigenvalue weighted by Crippen LogP contribution is 2.32. The lowest BCUT2D eigenvalue weighted by molar-refractivity contribution is 0.102. The fourth-order valence-electron chi connectivity index (χ4n) is 3.36. The van der Waals surface area contributed by atoms with Crippen LogP contribution in [0.3, 0.4) is 0 Å². The molecule has 7 nitrogen and oxygen atoms in total. The van der Waals surface area contributed by atoms with Gasteiger partial charge in [-0.05, 0) is 49.2 Å². The molecule has 32 heavy (non-hydrogen) atoms. The molecule has 1 saturated heterocycles. The lowest BCUT2D eigenvalue weighted by Crippen LogP contribution is -2.37. The fraction of sp³-hybridized carbons (Fsp3) is 0.250. The van der Waals surface area contributed by atoms with Crippen molar-refractivity contribution in [2.24, 2.45) is 0 Å². The Labute approximate surface area is 186 Å². The Hall–Kier alpha value is -2.83. The van der Waals surface area contributed by atoms with E-state index in [4.69, 9.17) is 0 Å². The molecule has 1 aliphatic heterocycles. The van der Waals surface area contributed by atoms with Crippen LogP contribution < -0.4 is 5.32 Å². The zero-order chi connectivity index (χ0) is 22.9. The quantitative estimate of drug-likeness (QED) is 0.598. The molecule has 1 amide bonds. The number of nitrogens with zero attached hydrogens (tertiary/aromatic N) is 3. The second kappa shape index (κ2) is 8.96. The van der Waals surface area contributed by atoms with Gasteiger partial charge in [-0.3, -0.25) is 4.79 Å². The third-order valence-electron chi connectivity index (χ3n) is 5.07. The van der Waals surface area contributed by atoms with E-state index in [2.05, 4.69) is 15.5 Å². The van der Waals surface area contributed by atoms with Gasteiger partial charge in [0.15, 0.2) is 0 Å². The number of anilines is 1. The summed E-state index contributed by atoms with van der Waals surface area (Å²) >= 11 is 1.04. The van der Waals surface area contributed by atoms with E-state index in [-0.39, 0.29) is 34.6 Å². The van der Waals surface area contributed by atoms with Crippen LogP contribution in [0.25, 0.3) is 0 Å². The van der Waals surface area contributed by atoms with Crippen LogP contribution in [0.4, 0.5) is 18.9 Å². The van der Waals surface area contributed by atoms with Gasteiger partial charge >= 0.3 is 0 Å². The maximum absolute atomic E-state index is 13.7. The smallest absolute Gasteiger partial charge is 0.286 e. The van der Waals surface area contributed by atoms with E-state index in [0.717, 1.165) is 35.6 Å². The zero-order valence-electron chi connectivity index (χ0n) is 16.5. The lowest BCUT2D eigenvalue weighted by Gasteiger charge is -2.30. The van der Waals surface area contributed by atoms with E-state index in [0.29, 0.717) is 23.9 Å². The molecule has 4 rings (SSSR count). The number of hydrogen-bond donors (Lipinski definition) is 1. The van der Waals surface area contributed by atoms with Crippen molar-refractivity contribution in [3.05, 3.63) is 69.9 Å². The van der Waals surface area contributed by atoms with Crippen molar-refractivity contribution in [2.45, 2.75) is 23.7 Å². The molecule has 0 aliphatic carbocycles. The molecule has 0 radical (unpaired) electrons. The van der Waals surface area contributed by atoms with Crippen molar-refractivity contribution in [1.29, 1.82) is 0 Å². The van der Waals surface area contributed by atoms with Crippen molar-refractivity contribution in [3.63, 3.8) is 0 Å². The molecule has 1 N–H and O–H groups in total. The Morgan fingerprint density at radius 1 is 1.00 bits per heavy atom. The summed E-state index contributed by atoms with van der Waals surface area (Å²) in [4.78, 5) is 12.4. The molecule has 0 atom stereocenters. The number of carbonyl (C=O) groups is 1. The van der Waals surface area contributed by atoms with E-state index < -0.39 is 33.4 Å². The van der Waals surface area contributed by atoms with Crippen LogP contribution in [0.1, 0.15) is 33.6 Å². The Morgan fingerprint density at radius 3 is 2.31 bits per heavy atom. The SMILES string of the molecule is O=C(Nc1ccc(F)cc1F)c1nnc(C2CCN(S(=O)(=O)c3ccc(F)cc3)CC2)s1. The average Bonchev–Trinajstić information content (AvgIpc) is 3.27. The van der Waals surface area contributed by atoms with E-state index in [1.165, 1.54) is 16.4 Å². The first kappa shape index (κ1) is 22.4. The summed E-state index contributed by atoms with van der Waals surface area (Å²) in [6.45, 7) is 0.485. The molecule has 2 heterocycles. The zero-order valence-corrected chi connectivity index (χ0v) is 18.1. The molecule has 0 saturated carbocycles. The van der Waals surface area contributed by atoms with Crippen LogP contribution in [0, 0.1) is 17.5 Å². The standard InChI is InChI=1S/C20H17F3N4O3S2/c21-13-1-4-15(5-2-13)32(29,30)27-9-7-12(8-10-27)19-25-26-20(31-19)18(28)24-17-6-3-14(22)11-16(17)23/h1-6,11-12H,7-10H2,(H,24,28). The first-order valence-corrected chi connectivity index (χ1v) is 11.9. The maximum atomic E-state index is 13.7. The molecule has 0 spiro atoms. The summed E-state index contributed by atoms with van der Waals surface area (Å²) in [5.41, 5.74) is -0.174. The normalized spacial score (nSPS) is 15.6. The van der Waals surface area contributed by atoms with Crippen molar-refractivity contribution in [3.8, 4) is 0 Å². The van der Waals surface area contributed by atoms with Gasteiger partial charge in [-0.25, -0.2) is 21.6 Å². The molecule has 2 aromatic carbocycles. The van der Waals surface area contributed by atoms with Gasteiger partial charge in [0.25, 0.3) is 5.91 Å². The number of rotatable bonds is 5. The van der Waals surface area contributed by atoms with Crippen LogP contribution in [-0.2, 0) is 10.0 Å². The maximum Gasteiger partial charge on any atom is 0.286 e. The number of amides is 1. The molecule has 3 aromatic rings. The summed E-state index contributed by atoms with van der Waals surface area (Å²) < 4.78 is 66.6. The highest BCUT2D eigenvalue weighted by molar-refractivity contribution is 7.89. The molecule has 1 aliphatic rings. The number of halogens is 3. The Morgan fingerprint density at radius 2 is 1.66 bits per heavy atom. The molecular weight excluding hydrogens is 465 g/mol. The van der Waals surface area contributed by atoms with E-state index in [1.807, 2.05) is 0 Å². The number of hydrogen-bond acceptors (Lipinski definition) is 6. The topological polar surface area (TPSA) is 92.3 Å². The highest BCUT2D eigenvalue weighted by Gasteiger charge is 2.31. The molecular formula is C20H17F3N4O3S2. The second-order valence-corrected chi connectivity index (χ2v) is 10.1. The van der Waals surface area contributed by atoms with E-state index >= 15 is 0 Å². The molecule has 12 heteroatoms. The molecule has 0 unspecified atom stereocenters. The lowest BCUT2D eigenvalue weighted by atomic mass is 9.99. The number of carbonyl (C=O) groups excluding carboxylic acids is 1. The minimum Gasteiger partial charge on any atom is -0.317 e. The first-order valence-electron chi connectivity index (χ1n) is 9.59. The summed E-state index contributed by atoms with van der Waals surface area (Å²) in [7, 11) is -3.73. The summed E-state index contributed by atoms with van der Waals surface area (Å²) in [5.74, 6) is -2.93. The summed E-state index contributed by atoms with van der Waals surface area (Å²) in [6, 6.07) is 7.47. The number of piperidine rings is 1. The van der Waals surface area contributed by atoms with Gasteiger partial charge in [0, 0.05) is 25.1 Å². The predicted molar refractivity (Wildman–Crippen MR) is 111 cm³/mol. The van der Waals surface area contributed by atoms with Gasteiger partial charge in [0.2, 0.25) is 15.0 Å². The summed E-state index contributed by atoms with van der Waals surface area (Å²) in [6.07, 6.45) is 0.951. The van der Waals surface area contributed by atoms with Crippen molar-refractivity contribution < 1.29 is 26.4 Å². The van der Waals surface area contributed by atoms with Crippen LogP contribution in [0.2, 0.25) is 0 Å². The van der Waals surface area contributed by atoms with Gasteiger partial charge in [0.1, 0.15) is 22.5 Å². The van der Waals surface area contributed by atoms with Crippen molar-refractivity contribution in [1.82, 2.24) is 14.5 Å². The minimum atomic E-state index is -3.73. The number of sulfonamides is 1. The van der Waals surface area contributed by atoms with E-state index in [1.54, 1.807) is 0 Å². The number of nitrogens with one attached hydrogen (secondary N) is 1. The first-order chi connectivity index (χ1) is 15.2. The highest BCUT2D eigenvalue weighted by atomic mass is 32.2. The van der Waals surface area contributed by atoms with Gasteiger partial charge in [-0.1, -0.05) is 11.3 Å². The number of benzene rings is 2. The monoisotopic (exact) mass is 482 g/mol.